The van der Waals surface area contributed by atoms with Crippen molar-refractivity contribution in [1.29, 1.82) is 0 Å². The van der Waals surface area contributed by atoms with Gasteiger partial charge >= 0.3 is 0 Å². The second kappa shape index (κ2) is 7.67. The fourth-order valence-electron chi connectivity index (χ4n) is 4.45. The third-order valence-electron chi connectivity index (χ3n) is 5.85. The van der Waals surface area contributed by atoms with Crippen LogP contribution < -0.4 is 10.4 Å². The Morgan fingerprint density at radius 2 is 0.562 bits per heavy atom. The first-order valence-corrected chi connectivity index (χ1v) is 13.7. The number of hydrogen-bond acceptors (Lipinski definition) is 4. The van der Waals surface area contributed by atoms with E-state index in [1.54, 1.807) is 0 Å². The first-order chi connectivity index (χ1) is 15.9. The third-order valence-corrected chi connectivity index (χ3v) is 11.0. The van der Waals surface area contributed by atoms with Gasteiger partial charge in [0.05, 0.1) is 8.47 Å². The molecule has 0 saturated carbocycles. The molecule has 2 aliphatic rings. The summed E-state index contributed by atoms with van der Waals surface area (Å²) in [7, 11) is 0. The van der Waals surface area contributed by atoms with Gasteiger partial charge < -0.3 is 0 Å². The smallest absolute Gasteiger partial charge is 0.0584 e. The Kier molecular flexibility index (Phi) is 4.61. The molecule has 0 radical (unpaired) electrons. The van der Waals surface area contributed by atoms with Crippen LogP contribution in [-0.2, 0) is 0 Å². The Morgan fingerprint density at radius 1 is 0.312 bits per heavy atom. The van der Waals surface area contributed by atoms with Crippen LogP contribution in [0.5, 0.6) is 0 Å². The second-order valence-electron chi connectivity index (χ2n) is 7.72. The van der Waals surface area contributed by atoms with Crippen LogP contribution in [0.4, 0.5) is 0 Å². The summed E-state index contributed by atoms with van der Waals surface area (Å²) in [6.07, 6.45) is 0. The summed E-state index contributed by atoms with van der Waals surface area (Å²) in [5.41, 5.74) is 0. The van der Waals surface area contributed by atoms with Gasteiger partial charge in [-0.2, -0.15) is 0 Å². The molecule has 5 aromatic carbocycles. The van der Waals surface area contributed by atoms with Crippen molar-refractivity contribution in [1.82, 2.24) is 0 Å². The fraction of sp³-hybridized carbons (Fsp3) is 0. The number of hydrogen-bond donors (Lipinski definition) is 0. The van der Waals surface area contributed by atoms with Crippen molar-refractivity contribution in [2.75, 3.05) is 0 Å². The Bertz CT molecular complexity index is 1440. The lowest BCUT2D eigenvalue weighted by atomic mass is 9.99. The van der Waals surface area contributed by atoms with Gasteiger partial charge in [-0.1, -0.05) is 120 Å². The highest BCUT2D eigenvalue weighted by molar-refractivity contribution is 8.32. The van der Waals surface area contributed by atoms with E-state index in [9.17, 15) is 0 Å². The van der Waals surface area contributed by atoms with Crippen LogP contribution in [-0.4, -0.2) is 0 Å². The second-order valence-corrected chi connectivity index (χ2v) is 12.4. The fourth-order valence-corrected chi connectivity index (χ4v) is 9.71. The number of rotatable bonds is 0. The molecular weight excluding hydrogens is 465 g/mol. The van der Waals surface area contributed by atoms with E-state index < -0.39 is 0 Å². The van der Waals surface area contributed by atoms with Gasteiger partial charge in [0.25, 0.3) is 0 Å². The Balaban J connectivity index is 1.63. The van der Waals surface area contributed by atoms with Gasteiger partial charge in [-0.25, -0.2) is 0 Å². The lowest BCUT2D eigenvalue weighted by molar-refractivity contribution is 1.27. The van der Waals surface area contributed by atoms with Crippen molar-refractivity contribution < 1.29 is 0 Å². The Hall–Kier alpha value is -2.24. The molecule has 0 amide bonds. The summed E-state index contributed by atoms with van der Waals surface area (Å²) in [5.74, 6) is 0. The van der Waals surface area contributed by atoms with Crippen LogP contribution in [0.25, 0.3) is 30.0 Å². The van der Waals surface area contributed by atoms with Gasteiger partial charge in [-0.05, 0) is 45.8 Å². The number of benzene rings is 5. The van der Waals surface area contributed by atoms with Crippen molar-refractivity contribution in [3.63, 3.8) is 0 Å². The minimum absolute atomic E-state index is 1.34. The first-order valence-electron chi connectivity index (χ1n) is 10.4. The van der Waals surface area contributed by atoms with E-state index in [-0.39, 0.29) is 0 Å². The zero-order chi connectivity index (χ0) is 21.1. The lowest BCUT2D eigenvalue weighted by Crippen LogP contribution is -2.16. The van der Waals surface area contributed by atoms with Gasteiger partial charge in [0.15, 0.2) is 0 Å². The SMILES string of the molecule is c1ccc2c(c1)SC(=c1c3ccccc3c(=C3Sc4ccccc4S3)c3ccccc13)S2. The lowest BCUT2D eigenvalue weighted by Gasteiger charge is -2.10. The predicted octanol–water partition coefficient (Wildman–Crippen LogP) is 7.92. The van der Waals surface area contributed by atoms with Gasteiger partial charge in [-0.15, -0.1) is 0 Å². The summed E-state index contributed by atoms with van der Waals surface area (Å²) in [6, 6.07) is 35.4. The van der Waals surface area contributed by atoms with Crippen LogP contribution in [0, 0.1) is 0 Å². The minimum atomic E-state index is 1.34. The van der Waals surface area contributed by atoms with Crippen molar-refractivity contribution in [2.45, 2.75) is 19.6 Å². The number of fused-ring (bicyclic) bond motifs is 4. The topological polar surface area (TPSA) is 0 Å². The molecule has 4 heteroatoms. The maximum atomic E-state index is 2.30. The van der Waals surface area contributed by atoms with Gasteiger partial charge in [0.1, 0.15) is 0 Å². The molecule has 32 heavy (non-hydrogen) atoms. The molecule has 5 aromatic rings. The molecule has 0 atom stereocenters. The molecule has 0 bridgehead atoms. The molecule has 0 saturated heterocycles. The van der Waals surface area contributed by atoms with E-state index in [0.717, 1.165) is 0 Å². The largest absolute Gasteiger partial charge is 0.0809 e. The summed E-state index contributed by atoms with van der Waals surface area (Å²) in [6.45, 7) is 0. The van der Waals surface area contributed by atoms with Crippen molar-refractivity contribution in [2.24, 2.45) is 0 Å². The van der Waals surface area contributed by atoms with E-state index in [2.05, 4.69) is 97.1 Å². The van der Waals surface area contributed by atoms with Crippen LogP contribution in [0.15, 0.2) is 117 Å². The quantitative estimate of drug-likeness (QED) is 0.206. The highest BCUT2D eigenvalue weighted by Crippen LogP contribution is 2.53. The standard InChI is InChI=1S/C28H16S4/c1-2-10-18-17(9-1)25(27-29-21-13-5-6-14-22(21)30-27)19-11-3-4-12-20(19)26(18)28-31-23-15-7-8-16-24(23)32-28/h1-16H. The van der Waals surface area contributed by atoms with Crippen LogP contribution in [0.1, 0.15) is 0 Å². The number of thioether (sulfide) groups is 4. The first kappa shape index (κ1) is 19.2. The van der Waals surface area contributed by atoms with E-state index >= 15 is 0 Å². The molecule has 0 fully saturated rings. The van der Waals surface area contributed by atoms with E-state index in [0.29, 0.717) is 0 Å². The molecule has 2 heterocycles. The molecule has 0 nitrogen and oxygen atoms in total. The molecule has 0 unspecified atom stereocenters. The van der Waals surface area contributed by atoms with Gasteiger partial charge in [0.2, 0.25) is 0 Å². The van der Waals surface area contributed by atoms with Crippen molar-refractivity contribution in [3.05, 3.63) is 107 Å². The molecule has 0 N–H and O–H groups in total. The highest BCUT2D eigenvalue weighted by atomic mass is 32.2. The van der Waals surface area contributed by atoms with Gasteiger partial charge in [-0.3, -0.25) is 0 Å². The maximum Gasteiger partial charge on any atom is 0.0584 e. The zero-order valence-corrected chi connectivity index (χ0v) is 20.1. The molecule has 0 aromatic heterocycles. The Morgan fingerprint density at radius 3 is 0.844 bits per heavy atom. The molecule has 0 spiro atoms. The summed E-state index contributed by atoms with van der Waals surface area (Å²) in [5, 5.41) is 8.11. The third kappa shape index (κ3) is 2.97. The van der Waals surface area contributed by atoms with E-state index in [1.165, 1.54) is 60.0 Å². The van der Waals surface area contributed by atoms with Crippen molar-refractivity contribution >= 4 is 77.1 Å². The molecule has 2 aliphatic heterocycles. The van der Waals surface area contributed by atoms with Crippen LogP contribution in [0.3, 0.4) is 0 Å². The molecule has 152 valence electrons. The highest BCUT2D eigenvalue weighted by Gasteiger charge is 2.22. The monoisotopic (exact) mass is 480 g/mol. The van der Waals surface area contributed by atoms with Crippen LogP contribution in [0.2, 0.25) is 0 Å². The summed E-state index contributed by atoms with van der Waals surface area (Å²) in [4.78, 5) is 5.43. The van der Waals surface area contributed by atoms with E-state index in [1.807, 2.05) is 47.0 Å². The van der Waals surface area contributed by atoms with E-state index in [4.69, 9.17) is 0 Å². The summed E-state index contributed by atoms with van der Waals surface area (Å²) < 4.78 is 2.76. The average molecular weight is 481 g/mol. The predicted molar refractivity (Wildman–Crippen MR) is 144 cm³/mol. The summed E-state index contributed by atoms with van der Waals surface area (Å²) >= 11 is 7.64. The van der Waals surface area contributed by atoms with Gasteiger partial charge in [0, 0.05) is 30.0 Å². The molecule has 7 rings (SSSR count). The van der Waals surface area contributed by atoms with Crippen molar-refractivity contribution in [3.8, 4) is 0 Å². The normalized spacial score (nSPS) is 14.9. The molecule has 0 aliphatic carbocycles. The maximum absolute atomic E-state index is 2.30. The molecular formula is C28H16S4. The average Bonchev–Trinajstić information content (AvgIpc) is 3.46. The Labute approximate surface area is 203 Å². The zero-order valence-electron chi connectivity index (χ0n) is 16.9. The minimum Gasteiger partial charge on any atom is -0.0809 e. The van der Waals surface area contributed by atoms with Crippen LogP contribution >= 0.6 is 47.0 Å².